The molecular formula is C13H9F2N3O2. The third-order valence-electron chi connectivity index (χ3n) is 2.52. The maximum Gasteiger partial charge on any atom is 0.258 e. The molecule has 102 valence electrons. The Hall–Kier alpha value is -2.83. The molecule has 3 N–H and O–H groups in total. The number of halogens is 2. The van der Waals surface area contributed by atoms with Gasteiger partial charge >= 0.3 is 0 Å². The largest absolute Gasteiger partial charge is 0.366 e. The summed E-state index contributed by atoms with van der Waals surface area (Å²) in [5.41, 5.74) is 4.53. The minimum atomic E-state index is -0.856. The van der Waals surface area contributed by atoms with Crippen LogP contribution in [-0.4, -0.2) is 16.8 Å². The quantitative estimate of drug-likeness (QED) is 0.895. The van der Waals surface area contributed by atoms with Crippen molar-refractivity contribution in [3.05, 3.63) is 59.4 Å². The lowest BCUT2D eigenvalue weighted by Gasteiger charge is -2.08. The molecule has 0 aliphatic rings. The van der Waals surface area contributed by atoms with E-state index in [0.717, 1.165) is 24.4 Å². The summed E-state index contributed by atoms with van der Waals surface area (Å²) in [6.07, 6.45) is 2.10. The lowest BCUT2D eigenvalue weighted by Crippen LogP contribution is -2.16. The van der Waals surface area contributed by atoms with Crippen molar-refractivity contribution in [2.45, 2.75) is 0 Å². The van der Waals surface area contributed by atoms with Crippen LogP contribution in [0.4, 0.5) is 14.5 Å². The van der Waals surface area contributed by atoms with Crippen LogP contribution < -0.4 is 11.1 Å². The van der Waals surface area contributed by atoms with Crippen LogP contribution in [0.2, 0.25) is 0 Å². The van der Waals surface area contributed by atoms with Crippen LogP contribution in [0.25, 0.3) is 0 Å². The molecule has 0 aliphatic heterocycles. The molecule has 0 unspecified atom stereocenters. The van der Waals surface area contributed by atoms with Crippen molar-refractivity contribution < 1.29 is 18.4 Å². The van der Waals surface area contributed by atoms with Crippen LogP contribution in [0, 0.1) is 11.6 Å². The minimum absolute atomic E-state index is 0.0249. The van der Waals surface area contributed by atoms with E-state index in [9.17, 15) is 18.4 Å². The van der Waals surface area contributed by atoms with E-state index in [0.29, 0.717) is 0 Å². The van der Waals surface area contributed by atoms with Crippen LogP contribution in [0.3, 0.4) is 0 Å². The number of hydrogen-bond donors (Lipinski definition) is 2. The Balaban J connectivity index is 2.30. The standard InChI is InChI=1S/C13H9F2N3O2/c14-9-2-1-7(12(16)19)5-11(9)18-13(20)8-3-4-17-6-10(8)15/h1-6H,(H2,16,19)(H,18,20). The van der Waals surface area contributed by atoms with Crippen molar-refractivity contribution in [1.29, 1.82) is 0 Å². The summed E-state index contributed by atoms with van der Waals surface area (Å²) in [6.45, 7) is 0. The van der Waals surface area contributed by atoms with Gasteiger partial charge in [0.2, 0.25) is 5.91 Å². The number of primary amides is 1. The zero-order valence-corrected chi connectivity index (χ0v) is 10.1. The van der Waals surface area contributed by atoms with Gasteiger partial charge in [0, 0.05) is 11.8 Å². The first kappa shape index (κ1) is 13.6. The zero-order chi connectivity index (χ0) is 14.7. The van der Waals surface area contributed by atoms with E-state index in [2.05, 4.69) is 10.3 Å². The highest BCUT2D eigenvalue weighted by atomic mass is 19.1. The van der Waals surface area contributed by atoms with Crippen molar-refractivity contribution in [3.63, 3.8) is 0 Å². The third-order valence-corrected chi connectivity index (χ3v) is 2.52. The van der Waals surface area contributed by atoms with Crippen LogP contribution in [0.15, 0.2) is 36.7 Å². The van der Waals surface area contributed by atoms with Gasteiger partial charge < -0.3 is 11.1 Å². The predicted octanol–water partition coefficient (Wildman–Crippen LogP) is 1.71. The lowest BCUT2D eigenvalue weighted by molar-refractivity contribution is 0.0995. The normalized spacial score (nSPS) is 10.1. The molecule has 0 aliphatic carbocycles. The number of carbonyl (C=O) groups is 2. The van der Waals surface area contributed by atoms with E-state index in [1.54, 1.807) is 0 Å². The van der Waals surface area contributed by atoms with Crippen molar-refractivity contribution in [2.75, 3.05) is 5.32 Å². The van der Waals surface area contributed by atoms with Gasteiger partial charge in [-0.25, -0.2) is 8.78 Å². The highest BCUT2D eigenvalue weighted by molar-refractivity contribution is 6.05. The molecule has 0 radical (unpaired) electrons. The third kappa shape index (κ3) is 2.77. The zero-order valence-electron chi connectivity index (χ0n) is 10.1. The summed E-state index contributed by atoms with van der Waals surface area (Å²) < 4.78 is 26.9. The summed E-state index contributed by atoms with van der Waals surface area (Å²) in [5, 5.41) is 2.17. The number of rotatable bonds is 3. The number of anilines is 1. The predicted molar refractivity (Wildman–Crippen MR) is 67.1 cm³/mol. The molecule has 5 nitrogen and oxygen atoms in total. The Bertz CT molecular complexity index is 689. The van der Waals surface area contributed by atoms with Gasteiger partial charge in [-0.05, 0) is 24.3 Å². The van der Waals surface area contributed by atoms with E-state index < -0.39 is 23.4 Å². The molecule has 1 aromatic carbocycles. The van der Waals surface area contributed by atoms with E-state index in [4.69, 9.17) is 5.73 Å². The highest BCUT2D eigenvalue weighted by Gasteiger charge is 2.14. The maximum atomic E-state index is 13.5. The number of nitrogens with zero attached hydrogens (tertiary/aromatic N) is 1. The summed E-state index contributed by atoms with van der Waals surface area (Å²) in [6, 6.07) is 4.40. The van der Waals surface area contributed by atoms with E-state index in [1.807, 2.05) is 0 Å². The molecule has 2 aromatic rings. The maximum absolute atomic E-state index is 13.5. The van der Waals surface area contributed by atoms with Crippen molar-refractivity contribution in [1.82, 2.24) is 4.98 Å². The molecule has 20 heavy (non-hydrogen) atoms. The van der Waals surface area contributed by atoms with Crippen molar-refractivity contribution in [3.8, 4) is 0 Å². The molecule has 7 heteroatoms. The average Bonchev–Trinajstić information content (AvgIpc) is 2.41. The Morgan fingerprint density at radius 1 is 1.15 bits per heavy atom. The molecule has 0 saturated heterocycles. The molecule has 2 amide bonds. The second-order valence-electron chi connectivity index (χ2n) is 3.87. The van der Waals surface area contributed by atoms with Crippen LogP contribution >= 0.6 is 0 Å². The smallest absolute Gasteiger partial charge is 0.258 e. The second-order valence-corrected chi connectivity index (χ2v) is 3.87. The number of hydrogen-bond acceptors (Lipinski definition) is 3. The fraction of sp³-hybridized carbons (Fsp3) is 0. The van der Waals surface area contributed by atoms with Crippen LogP contribution in [-0.2, 0) is 0 Å². The van der Waals surface area contributed by atoms with E-state index >= 15 is 0 Å². The van der Waals surface area contributed by atoms with Gasteiger partial charge in [-0.15, -0.1) is 0 Å². The van der Waals surface area contributed by atoms with Gasteiger partial charge in [-0.2, -0.15) is 0 Å². The fourth-order valence-electron chi connectivity index (χ4n) is 1.52. The molecule has 0 spiro atoms. The Morgan fingerprint density at radius 2 is 1.90 bits per heavy atom. The summed E-state index contributed by atoms with van der Waals surface area (Å²) >= 11 is 0. The number of amides is 2. The Labute approximate surface area is 112 Å². The SMILES string of the molecule is NC(=O)c1ccc(F)c(NC(=O)c2ccncc2F)c1. The monoisotopic (exact) mass is 277 g/mol. The lowest BCUT2D eigenvalue weighted by atomic mass is 10.1. The number of nitrogens with one attached hydrogen (secondary N) is 1. The van der Waals surface area contributed by atoms with Gasteiger partial charge in [-0.1, -0.05) is 0 Å². The number of pyridine rings is 1. The fourth-order valence-corrected chi connectivity index (χ4v) is 1.52. The second kappa shape index (κ2) is 5.43. The molecule has 0 fully saturated rings. The van der Waals surface area contributed by atoms with Gasteiger partial charge in [0.15, 0.2) is 5.82 Å². The molecule has 0 bridgehead atoms. The Morgan fingerprint density at radius 3 is 2.55 bits per heavy atom. The molecule has 0 saturated carbocycles. The molecular weight excluding hydrogens is 268 g/mol. The number of carbonyl (C=O) groups excluding carboxylic acids is 2. The summed E-state index contributed by atoms with van der Waals surface area (Å²) in [4.78, 5) is 26.3. The van der Waals surface area contributed by atoms with Crippen LogP contribution in [0.5, 0.6) is 0 Å². The number of nitrogens with two attached hydrogens (primary N) is 1. The summed E-state index contributed by atoms with van der Waals surface area (Å²) in [7, 11) is 0. The van der Waals surface area contributed by atoms with E-state index in [-0.39, 0.29) is 16.8 Å². The first-order valence-electron chi connectivity index (χ1n) is 5.49. The molecule has 1 aromatic heterocycles. The van der Waals surface area contributed by atoms with Gasteiger partial charge in [-0.3, -0.25) is 14.6 Å². The van der Waals surface area contributed by atoms with Gasteiger partial charge in [0.25, 0.3) is 5.91 Å². The topological polar surface area (TPSA) is 85.1 Å². The first-order valence-corrected chi connectivity index (χ1v) is 5.49. The van der Waals surface area contributed by atoms with Crippen molar-refractivity contribution in [2.24, 2.45) is 5.73 Å². The first-order chi connectivity index (χ1) is 9.49. The molecule has 1 heterocycles. The average molecular weight is 277 g/mol. The van der Waals surface area contributed by atoms with Crippen molar-refractivity contribution >= 4 is 17.5 Å². The van der Waals surface area contributed by atoms with Crippen LogP contribution in [0.1, 0.15) is 20.7 Å². The molecule has 2 rings (SSSR count). The number of benzene rings is 1. The summed E-state index contributed by atoms with van der Waals surface area (Å²) in [5.74, 6) is -3.23. The minimum Gasteiger partial charge on any atom is -0.366 e. The van der Waals surface area contributed by atoms with Gasteiger partial charge in [0.05, 0.1) is 17.4 Å². The van der Waals surface area contributed by atoms with E-state index in [1.165, 1.54) is 12.3 Å². The Kier molecular flexibility index (Phi) is 3.69. The number of aromatic nitrogens is 1. The highest BCUT2D eigenvalue weighted by Crippen LogP contribution is 2.17. The molecule has 0 atom stereocenters. The van der Waals surface area contributed by atoms with Gasteiger partial charge in [0.1, 0.15) is 5.82 Å².